The highest BCUT2D eigenvalue weighted by molar-refractivity contribution is 6.74. The number of hydrogen-bond acceptors (Lipinski definition) is 6. The van der Waals surface area contributed by atoms with Gasteiger partial charge in [-0.05, 0) is 62.1 Å². The largest absolute Gasteiger partial charge is 0.409 e. The van der Waals surface area contributed by atoms with Gasteiger partial charge in [0, 0.05) is 13.0 Å². The number of carbonyl (C=O) groups excluding carboxylic acids is 2. The molecule has 0 spiro atoms. The Hall–Kier alpha value is -1.37. The van der Waals surface area contributed by atoms with Crippen LogP contribution < -0.4 is 0 Å². The van der Waals surface area contributed by atoms with Gasteiger partial charge in [0.1, 0.15) is 24.6 Å². The Labute approximate surface area is 244 Å². The van der Waals surface area contributed by atoms with E-state index in [0.29, 0.717) is 19.4 Å². The minimum Gasteiger partial charge on any atom is -0.409 e. The van der Waals surface area contributed by atoms with E-state index in [1.54, 1.807) is 0 Å². The highest BCUT2D eigenvalue weighted by Crippen LogP contribution is 2.43. The Morgan fingerprint density at radius 2 is 1.60 bits per heavy atom. The molecule has 40 heavy (non-hydrogen) atoms. The maximum absolute atomic E-state index is 13.3. The van der Waals surface area contributed by atoms with E-state index in [2.05, 4.69) is 54.6 Å². The SMILES string of the molecule is CC[Si](CC)(CC)O[C@@H](C=O)[C@H]1OC(C)(C)O[C@@H]1[C@H](O[Si](C)(C)C(C)(C)C)[C@@H]1CCC(=O)N1Cc1ccccc1. The zero-order valence-electron chi connectivity index (χ0n) is 26.5. The van der Waals surface area contributed by atoms with Crippen LogP contribution in [-0.2, 0) is 34.5 Å². The molecule has 5 atom stereocenters. The number of likely N-dealkylation sites (tertiary alicyclic amines) is 1. The molecule has 7 nitrogen and oxygen atoms in total. The van der Waals surface area contributed by atoms with Crippen molar-refractivity contribution in [3.05, 3.63) is 35.9 Å². The molecule has 0 aliphatic carbocycles. The van der Waals surface area contributed by atoms with Gasteiger partial charge >= 0.3 is 0 Å². The standard InChI is InChI=1S/C31H53NO6Si2/c1-11-40(12-2,13-3)37-25(22-33)28-29(36-31(7,8)35-28)27(38-39(9,10)30(4,5)6)24-19-20-26(34)32(24)21-23-17-15-14-16-18-23/h14-18,22,24-25,27-29H,11-13,19-21H2,1-10H3/t24-,25-,27+,28+,29+/m0/s1. The average Bonchev–Trinajstić information content (AvgIpc) is 3.42. The van der Waals surface area contributed by atoms with E-state index in [0.717, 1.165) is 30.0 Å². The summed E-state index contributed by atoms with van der Waals surface area (Å²) in [6, 6.07) is 12.7. The summed E-state index contributed by atoms with van der Waals surface area (Å²) in [6.07, 6.45) is -0.392. The minimum absolute atomic E-state index is 0.0577. The van der Waals surface area contributed by atoms with Crippen LogP contribution in [0.25, 0.3) is 0 Å². The van der Waals surface area contributed by atoms with Crippen LogP contribution in [0.15, 0.2) is 30.3 Å². The van der Waals surface area contributed by atoms with Gasteiger partial charge in [-0.25, -0.2) is 0 Å². The average molecular weight is 592 g/mol. The summed E-state index contributed by atoms with van der Waals surface area (Å²) in [5, 5.41) is -0.0577. The van der Waals surface area contributed by atoms with Gasteiger partial charge in [0.25, 0.3) is 0 Å². The summed E-state index contributed by atoms with van der Waals surface area (Å²) in [6.45, 7) is 21.8. The first kappa shape index (κ1) is 33.1. The molecule has 0 saturated carbocycles. The molecule has 3 rings (SSSR count). The van der Waals surface area contributed by atoms with Crippen molar-refractivity contribution >= 4 is 28.8 Å². The molecular formula is C31H53NO6Si2. The fourth-order valence-corrected chi connectivity index (χ4v) is 9.84. The molecule has 226 valence electrons. The molecule has 1 aromatic rings. The molecule has 0 N–H and O–H groups in total. The molecule has 2 heterocycles. The summed E-state index contributed by atoms with van der Waals surface area (Å²) < 4.78 is 27.1. The third kappa shape index (κ3) is 7.34. The number of carbonyl (C=O) groups is 2. The van der Waals surface area contributed by atoms with Crippen LogP contribution in [0.5, 0.6) is 0 Å². The molecule has 2 saturated heterocycles. The van der Waals surface area contributed by atoms with Crippen molar-refractivity contribution in [3.63, 3.8) is 0 Å². The van der Waals surface area contributed by atoms with Crippen molar-refractivity contribution in [1.82, 2.24) is 4.90 Å². The van der Waals surface area contributed by atoms with Crippen molar-refractivity contribution in [2.24, 2.45) is 0 Å². The molecule has 0 bridgehead atoms. The fraction of sp³-hybridized carbons (Fsp3) is 0.742. The monoisotopic (exact) mass is 591 g/mol. The zero-order valence-corrected chi connectivity index (χ0v) is 28.5. The number of ether oxygens (including phenoxy) is 2. The molecule has 2 aliphatic heterocycles. The molecular weight excluding hydrogens is 539 g/mol. The smallest absolute Gasteiger partial charge is 0.223 e. The fourth-order valence-electron chi connectivity index (χ4n) is 5.75. The second kappa shape index (κ2) is 12.9. The lowest BCUT2D eigenvalue weighted by atomic mass is 9.96. The minimum atomic E-state index is -2.33. The quantitative estimate of drug-likeness (QED) is 0.188. The number of nitrogens with zero attached hydrogens (tertiary/aromatic N) is 1. The molecule has 1 aromatic carbocycles. The second-order valence-corrected chi connectivity index (χ2v) is 23.0. The van der Waals surface area contributed by atoms with Crippen LogP contribution in [0, 0.1) is 0 Å². The van der Waals surface area contributed by atoms with Crippen LogP contribution in [0.1, 0.15) is 73.8 Å². The maximum Gasteiger partial charge on any atom is 0.223 e. The Balaban J connectivity index is 2.06. The van der Waals surface area contributed by atoms with E-state index < -0.39 is 46.8 Å². The molecule has 0 radical (unpaired) electrons. The predicted molar refractivity (Wildman–Crippen MR) is 164 cm³/mol. The van der Waals surface area contributed by atoms with Gasteiger partial charge in [0.05, 0.1) is 12.1 Å². The Morgan fingerprint density at radius 1 is 1.02 bits per heavy atom. The third-order valence-electron chi connectivity index (χ3n) is 9.45. The van der Waals surface area contributed by atoms with E-state index in [9.17, 15) is 9.59 Å². The Bertz CT molecular complexity index is 983. The highest BCUT2D eigenvalue weighted by Gasteiger charge is 2.56. The topological polar surface area (TPSA) is 74.3 Å². The molecule has 2 fully saturated rings. The van der Waals surface area contributed by atoms with Gasteiger partial charge in [-0.1, -0.05) is 71.9 Å². The zero-order chi connectivity index (χ0) is 29.9. The summed E-state index contributed by atoms with van der Waals surface area (Å²) in [4.78, 5) is 28.0. The van der Waals surface area contributed by atoms with Crippen LogP contribution in [-0.4, -0.2) is 70.0 Å². The first-order valence-corrected chi connectivity index (χ1v) is 20.6. The van der Waals surface area contributed by atoms with Crippen molar-refractivity contribution in [2.75, 3.05) is 0 Å². The van der Waals surface area contributed by atoms with E-state index in [4.69, 9.17) is 18.3 Å². The number of aldehydes is 1. The van der Waals surface area contributed by atoms with Crippen LogP contribution in [0.2, 0.25) is 36.3 Å². The van der Waals surface area contributed by atoms with Gasteiger partial charge in [-0.15, -0.1) is 0 Å². The molecule has 2 aliphatic rings. The van der Waals surface area contributed by atoms with E-state index in [1.165, 1.54) is 0 Å². The number of hydrogen-bond donors (Lipinski definition) is 0. The number of rotatable bonds is 13. The summed E-state index contributed by atoms with van der Waals surface area (Å²) in [5.74, 6) is -0.804. The van der Waals surface area contributed by atoms with Crippen LogP contribution >= 0.6 is 0 Å². The van der Waals surface area contributed by atoms with Crippen LogP contribution in [0.3, 0.4) is 0 Å². The van der Waals surface area contributed by atoms with E-state index in [-0.39, 0.29) is 17.0 Å². The van der Waals surface area contributed by atoms with E-state index >= 15 is 0 Å². The second-order valence-electron chi connectivity index (χ2n) is 13.5. The van der Waals surface area contributed by atoms with Crippen molar-refractivity contribution in [1.29, 1.82) is 0 Å². The lowest BCUT2D eigenvalue weighted by molar-refractivity contribution is -0.162. The first-order valence-electron chi connectivity index (χ1n) is 15.1. The maximum atomic E-state index is 13.3. The molecule has 0 aromatic heterocycles. The predicted octanol–water partition coefficient (Wildman–Crippen LogP) is 6.68. The lowest BCUT2D eigenvalue weighted by Gasteiger charge is -2.45. The van der Waals surface area contributed by atoms with Gasteiger partial charge in [-0.2, -0.15) is 0 Å². The summed E-state index contributed by atoms with van der Waals surface area (Å²) in [5.41, 5.74) is 1.08. The Kier molecular flexibility index (Phi) is 10.7. The lowest BCUT2D eigenvalue weighted by Crippen LogP contribution is -2.59. The first-order chi connectivity index (χ1) is 18.6. The molecule has 9 heteroatoms. The van der Waals surface area contributed by atoms with Gasteiger partial charge in [0.15, 0.2) is 22.4 Å². The van der Waals surface area contributed by atoms with Crippen LogP contribution in [0.4, 0.5) is 0 Å². The van der Waals surface area contributed by atoms with Crippen molar-refractivity contribution in [3.8, 4) is 0 Å². The highest BCUT2D eigenvalue weighted by atomic mass is 28.4. The normalized spacial score (nSPS) is 25.3. The van der Waals surface area contributed by atoms with Gasteiger partial charge in [-0.3, -0.25) is 4.79 Å². The van der Waals surface area contributed by atoms with Gasteiger partial charge in [0.2, 0.25) is 5.91 Å². The van der Waals surface area contributed by atoms with Crippen molar-refractivity contribution < 1.29 is 27.9 Å². The number of amides is 1. The third-order valence-corrected chi connectivity index (χ3v) is 18.6. The molecule has 0 unspecified atom stereocenters. The van der Waals surface area contributed by atoms with E-state index in [1.807, 2.05) is 49.1 Å². The van der Waals surface area contributed by atoms with Gasteiger partial charge < -0.3 is 28.0 Å². The number of benzene rings is 1. The summed E-state index contributed by atoms with van der Waals surface area (Å²) in [7, 11) is -4.46. The molecule has 1 amide bonds. The summed E-state index contributed by atoms with van der Waals surface area (Å²) >= 11 is 0. The van der Waals surface area contributed by atoms with Crippen molar-refractivity contribution in [2.45, 2.75) is 147 Å². The Morgan fingerprint density at radius 3 is 2.12 bits per heavy atom.